The molecule has 0 fully saturated rings. The molecule has 1 aliphatic rings. The van der Waals surface area contributed by atoms with Crippen LogP contribution >= 0.6 is 11.6 Å². The third kappa shape index (κ3) is 2.40. The molecule has 98 valence electrons. The minimum Gasteiger partial charge on any atom is -0.207 e. The van der Waals surface area contributed by atoms with Crippen molar-refractivity contribution >= 4 is 11.6 Å². The minimum atomic E-state index is -0.165. The Balaban J connectivity index is 1.82. The summed E-state index contributed by atoms with van der Waals surface area (Å²) in [6.45, 7) is 1.78. The molecule has 0 amide bonds. The van der Waals surface area contributed by atoms with E-state index in [0.29, 0.717) is 11.5 Å². The highest BCUT2D eigenvalue weighted by Gasteiger charge is 2.28. The summed E-state index contributed by atoms with van der Waals surface area (Å²) in [4.78, 5) is 0. The van der Waals surface area contributed by atoms with E-state index in [1.165, 1.54) is 17.2 Å². The third-order valence-corrected chi connectivity index (χ3v) is 4.61. The van der Waals surface area contributed by atoms with Gasteiger partial charge in [-0.1, -0.05) is 36.4 Å². The van der Waals surface area contributed by atoms with Gasteiger partial charge in [0.25, 0.3) is 0 Å². The van der Waals surface area contributed by atoms with Crippen molar-refractivity contribution < 1.29 is 4.39 Å². The van der Waals surface area contributed by atoms with Gasteiger partial charge in [0.05, 0.1) is 5.38 Å². The van der Waals surface area contributed by atoms with E-state index >= 15 is 0 Å². The van der Waals surface area contributed by atoms with Crippen molar-refractivity contribution in [2.24, 2.45) is 5.92 Å². The summed E-state index contributed by atoms with van der Waals surface area (Å²) in [5, 5.41) is -0.0494. The quantitative estimate of drug-likeness (QED) is 0.688. The van der Waals surface area contributed by atoms with E-state index in [0.717, 1.165) is 18.4 Å². The number of benzene rings is 2. The molecule has 0 aliphatic heterocycles. The fourth-order valence-electron chi connectivity index (χ4n) is 2.91. The average molecular weight is 275 g/mol. The fraction of sp³-hybridized carbons (Fsp3) is 0.294. The Morgan fingerprint density at radius 1 is 1.11 bits per heavy atom. The highest BCUT2D eigenvalue weighted by atomic mass is 35.5. The van der Waals surface area contributed by atoms with Gasteiger partial charge in [-0.2, -0.15) is 0 Å². The smallest absolute Gasteiger partial charge is 0.126 e. The molecule has 2 aromatic carbocycles. The van der Waals surface area contributed by atoms with E-state index < -0.39 is 0 Å². The summed E-state index contributed by atoms with van der Waals surface area (Å²) in [6.07, 6.45) is 2.03. The van der Waals surface area contributed by atoms with Crippen molar-refractivity contribution in [3.05, 3.63) is 70.5 Å². The van der Waals surface area contributed by atoms with Crippen molar-refractivity contribution in [3.63, 3.8) is 0 Å². The number of fused-ring (bicyclic) bond motifs is 1. The first-order valence-electron chi connectivity index (χ1n) is 6.62. The SMILES string of the molecule is Cc1cc(C(Cl)C2Cc3ccccc3C2)ccc1F. The van der Waals surface area contributed by atoms with Gasteiger partial charge >= 0.3 is 0 Å². The van der Waals surface area contributed by atoms with Crippen LogP contribution in [0.1, 0.15) is 27.6 Å². The Labute approximate surface area is 118 Å². The van der Waals surface area contributed by atoms with Crippen LogP contribution in [0.25, 0.3) is 0 Å². The lowest BCUT2D eigenvalue weighted by atomic mass is 9.95. The summed E-state index contributed by atoms with van der Waals surface area (Å²) >= 11 is 6.60. The van der Waals surface area contributed by atoms with Crippen LogP contribution in [0.4, 0.5) is 4.39 Å². The molecule has 2 heteroatoms. The molecular weight excluding hydrogens is 259 g/mol. The van der Waals surface area contributed by atoms with Crippen molar-refractivity contribution in [2.75, 3.05) is 0 Å². The van der Waals surface area contributed by atoms with E-state index in [4.69, 9.17) is 11.6 Å². The molecule has 0 radical (unpaired) electrons. The zero-order valence-electron chi connectivity index (χ0n) is 10.9. The van der Waals surface area contributed by atoms with Crippen molar-refractivity contribution in [1.82, 2.24) is 0 Å². The lowest BCUT2D eigenvalue weighted by Crippen LogP contribution is -2.08. The van der Waals surface area contributed by atoms with Crippen LogP contribution in [0.3, 0.4) is 0 Å². The lowest BCUT2D eigenvalue weighted by Gasteiger charge is -2.17. The first kappa shape index (κ1) is 12.7. The number of alkyl halides is 1. The maximum Gasteiger partial charge on any atom is 0.126 e. The molecule has 0 spiro atoms. The Bertz CT molecular complexity index is 581. The number of hydrogen-bond acceptors (Lipinski definition) is 0. The number of aryl methyl sites for hydroxylation is 1. The highest BCUT2D eigenvalue weighted by molar-refractivity contribution is 6.21. The van der Waals surface area contributed by atoms with Crippen LogP contribution in [0.5, 0.6) is 0 Å². The van der Waals surface area contributed by atoms with E-state index in [-0.39, 0.29) is 11.2 Å². The fourth-order valence-corrected chi connectivity index (χ4v) is 3.23. The average Bonchev–Trinajstić information content (AvgIpc) is 2.85. The van der Waals surface area contributed by atoms with Crippen LogP contribution in [0.2, 0.25) is 0 Å². The molecule has 0 nitrogen and oxygen atoms in total. The van der Waals surface area contributed by atoms with Gasteiger partial charge in [-0.25, -0.2) is 4.39 Å². The summed E-state index contributed by atoms with van der Waals surface area (Å²) in [7, 11) is 0. The van der Waals surface area contributed by atoms with E-state index in [1.54, 1.807) is 6.92 Å². The molecule has 19 heavy (non-hydrogen) atoms. The lowest BCUT2D eigenvalue weighted by molar-refractivity contribution is 0.539. The second-order valence-electron chi connectivity index (χ2n) is 5.35. The number of hydrogen-bond donors (Lipinski definition) is 0. The standard InChI is InChI=1S/C17H16ClF/c1-11-8-14(6-7-16(11)19)17(18)15-9-12-4-2-3-5-13(12)10-15/h2-8,15,17H,9-10H2,1H3. The highest BCUT2D eigenvalue weighted by Crippen LogP contribution is 2.39. The summed E-state index contributed by atoms with van der Waals surface area (Å²) in [5.41, 5.74) is 4.49. The second-order valence-corrected chi connectivity index (χ2v) is 5.82. The molecule has 1 unspecified atom stereocenters. The van der Waals surface area contributed by atoms with Gasteiger partial charge < -0.3 is 0 Å². The molecule has 0 saturated carbocycles. The van der Waals surface area contributed by atoms with Gasteiger partial charge in [-0.3, -0.25) is 0 Å². The Kier molecular flexibility index (Phi) is 3.32. The molecule has 2 aromatic rings. The second kappa shape index (κ2) is 4.97. The number of halogens is 2. The van der Waals surface area contributed by atoms with Gasteiger partial charge in [-0.05, 0) is 54.0 Å². The Morgan fingerprint density at radius 2 is 1.74 bits per heavy atom. The molecule has 0 N–H and O–H groups in total. The molecule has 3 rings (SSSR count). The largest absolute Gasteiger partial charge is 0.207 e. The molecule has 1 aliphatic carbocycles. The Morgan fingerprint density at radius 3 is 2.32 bits per heavy atom. The van der Waals surface area contributed by atoms with Gasteiger partial charge in [-0.15, -0.1) is 11.6 Å². The summed E-state index contributed by atoms with van der Waals surface area (Å²) in [5.74, 6) is 0.242. The maximum absolute atomic E-state index is 13.3. The zero-order valence-corrected chi connectivity index (χ0v) is 11.6. The van der Waals surface area contributed by atoms with Crippen LogP contribution in [-0.2, 0) is 12.8 Å². The molecule has 1 atom stereocenters. The maximum atomic E-state index is 13.3. The van der Waals surface area contributed by atoms with Gasteiger partial charge in [0, 0.05) is 0 Å². The first-order chi connectivity index (χ1) is 9.15. The van der Waals surface area contributed by atoms with Gasteiger partial charge in [0.1, 0.15) is 5.82 Å². The normalized spacial score (nSPS) is 16.4. The predicted molar refractivity (Wildman–Crippen MR) is 77.1 cm³/mol. The first-order valence-corrected chi connectivity index (χ1v) is 7.05. The molecule has 0 bridgehead atoms. The number of rotatable bonds is 2. The van der Waals surface area contributed by atoms with Crippen LogP contribution in [-0.4, -0.2) is 0 Å². The van der Waals surface area contributed by atoms with Gasteiger partial charge in [0.2, 0.25) is 0 Å². The predicted octanol–water partition coefficient (Wildman–Crippen LogP) is 4.83. The van der Waals surface area contributed by atoms with E-state index in [2.05, 4.69) is 24.3 Å². The van der Waals surface area contributed by atoms with E-state index in [1.807, 2.05) is 12.1 Å². The zero-order chi connectivity index (χ0) is 13.4. The van der Waals surface area contributed by atoms with E-state index in [9.17, 15) is 4.39 Å². The minimum absolute atomic E-state index is 0.0494. The third-order valence-electron chi connectivity index (χ3n) is 4.00. The van der Waals surface area contributed by atoms with Crippen LogP contribution in [0.15, 0.2) is 42.5 Å². The van der Waals surface area contributed by atoms with Crippen LogP contribution in [0, 0.1) is 18.7 Å². The van der Waals surface area contributed by atoms with Crippen molar-refractivity contribution in [2.45, 2.75) is 25.1 Å². The molecule has 0 heterocycles. The van der Waals surface area contributed by atoms with Crippen molar-refractivity contribution in [1.29, 1.82) is 0 Å². The summed E-state index contributed by atoms with van der Waals surface area (Å²) in [6, 6.07) is 13.7. The van der Waals surface area contributed by atoms with Crippen molar-refractivity contribution in [3.8, 4) is 0 Å². The molecular formula is C17H16ClF. The Hall–Kier alpha value is -1.34. The molecule has 0 saturated heterocycles. The van der Waals surface area contributed by atoms with Crippen LogP contribution < -0.4 is 0 Å². The van der Waals surface area contributed by atoms with Gasteiger partial charge in [0.15, 0.2) is 0 Å². The topological polar surface area (TPSA) is 0 Å². The monoisotopic (exact) mass is 274 g/mol. The summed E-state index contributed by atoms with van der Waals surface area (Å²) < 4.78 is 13.3. The molecule has 0 aromatic heterocycles.